The van der Waals surface area contributed by atoms with E-state index in [1.165, 1.54) is 0 Å². The normalized spacial score (nSPS) is 12.1. The summed E-state index contributed by atoms with van der Waals surface area (Å²) in [4.78, 5) is 16.2. The second kappa shape index (κ2) is 7.58. The number of methoxy groups -OCH3 is 1. The molecule has 1 atom stereocenters. The first-order valence-corrected chi connectivity index (χ1v) is 8.95. The van der Waals surface area contributed by atoms with Crippen LogP contribution in [0.2, 0.25) is 0 Å². The molecule has 7 nitrogen and oxygen atoms in total. The molecule has 1 unspecified atom stereocenters. The van der Waals surface area contributed by atoms with E-state index in [1.807, 2.05) is 54.9 Å². The molecule has 0 bridgehead atoms. The van der Waals surface area contributed by atoms with Crippen molar-refractivity contribution in [3.63, 3.8) is 0 Å². The molecular weight excluding hydrogens is 354 g/mol. The zero-order chi connectivity index (χ0) is 19.5. The Bertz CT molecular complexity index is 1100. The molecule has 0 aliphatic carbocycles. The standard InChI is InChI=1S/C21H21N5O2/c1-28-15-5-2-4-13(8-15)17(9-22)21(27)26-19-7-3-6-16-18(12-23-20(16)19)14-10-24-25-11-14/h2-8,10-12,17,23H,9,22H2,1H3,(H,24,25)(H,26,27). The van der Waals surface area contributed by atoms with E-state index in [4.69, 9.17) is 10.5 Å². The highest BCUT2D eigenvalue weighted by atomic mass is 16.5. The van der Waals surface area contributed by atoms with E-state index < -0.39 is 5.92 Å². The largest absolute Gasteiger partial charge is 0.497 e. The van der Waals surface area contributed by atoms with Gasteiger partial charge in [0, 0.05) is 35.5 Å². The number of aromatic amines is 2. The van der Waals surface area contributed by atoms with E-state index in [0.29, 0.717) is 11.4 Å². The maximum atomic E-state index is 13.0. The Balaban J connectivity index is 1.64. The molecule has 0 aliphatic heterocycles. The first kappa shape index (κ1) is 17.8. The quantitative estimate of drug-likeness (QED) is 0.415. The van der Waals surface area contributed by atoms with Crippen LogP contribution in [0, 0.1) is 0 Å². The van der Waals surface area contributed by atoms with Gasteiger partial charge in [0.1, 0.15) is 5.75 Å². The molecular formula is C21H21N5O2. The number of para-hydroxylation sites is 1. The number of benzene rings is 2. The number of ether oxygens (including phenoxy) is 1. The monoisotopic (exact) mass is 375 g/mol. The number of carbonyl (C=O) groups is 1. The molecule has 0 aliphatic rings. The van der Waals surface area contributed by atoms with Crippen LogP contribution in [0.1, 0.15) is 11.5 Å². The third-order valence-electron chi connectivity index (χ3n) is 4.83. The van der Waals surface area contributed by atoms with Crippen molar-refractivity contribution in [1.29, 1.82) is 0 Å². The summed E-state index contributed by atoms with van der Waals surface area (Å²) in [6.07, 6.45) is 5.51. The number of aromatic nitrogens is 3. The van der Waals surface area contributed by atoms with Crippen molar-refractivity contribution in [2.24, 2.45) is 5.73 Å². The lowest BCUT2D eigenvalue weighted by molar-refractivity contribution is -0.117. The van der Waals surface area contributed by atoms with Crippen LogP contribution in [-0.4, -0.2) is 34.7 Å². The van der Waals surface area contributed by atoms with Gasteiger partial charge in [0.15, 0.2) is 0 Å². The SMILES string of the molecule is COc1cccc(C(CN)C(=O)Nc2cccc3c(-c4cn[nH]c4)c[nH]c23)c1. The van der Waals surface area contributed by atoms with Crippen molar-refractivity contribution in [2.45, 2.75) is 5.92 Å². The number of amides is 1. The van der Waals surface area contributed by atoms with Gasteiger partial charge in [0.2, 0.25) is 5.91 Å². The highest BCUT2D eigenvalue weighted by Crippen LogP contribution is 2.32. The number of nitrogens with one attached hydrogen (secondary N) is 3. The highest BCUT2D eigenvalue weighted by Gasteiger charge is 2.21. The van der Waals surface area contributed by atoms with E-state index in [-0.39, 0.29) is 12.5 Å². The smallest absolute Gasteiger partial charge is 0.233 e. The van der Waals surface area contributed by atoms with Crippen LogP contribution in [-0.2, 0) is 4.79 Å². The lowest BCUT2D eigenvalue weighted by atomic mass is 9.98. The number of carbonyl (C=O) groups excluding carboxylic acids is 1. The summed E-state index contributed by atoms with van der Waals surface area (Å²) in [7, 11) is 1.60. The van der Waals surface area contributed by atoms with Crippen molar-refractivity contribution < 1.29 is 9.53 Å². The van der Waals surface area contributed by atoms with Gasteiger partial charge in [-0.2, -0.15) is 5.10 Å². The van der Waals surface area contributed by atoms with Gasteiger partial charge >= 0.3 is 0 Å². The van der Waals surface area contributed by atoms with Crippen LogP contribution in [0.5, 0.6) is 5.75 Å². The zero-order valence-corrected chi connectivity index (χ0v) is 15.4. The van der Waals surface area contributed by atoms with E-state index in [0.717, 1.165) is 27.6 Å². The molecule has 2 aromatic heterocycles. The van der Waals surface area contributed by atoms with Gasteiger partial charge in [0.25, 0.3) is 0 Å². The minimum absolute atomic E-state index is 0.164. The van der Waals surface area contributed by atoms with Crippen LogP contribution in [0.3, 0.4) is 0 Å². The number of nitrogens with zero attached hydrogens (tertiary/aromatic N) is 1. The van der Waals surface area contributed by atoms with Crippen LogP contribution in [0.25, 0.3) is 22.0 Å². The Labute approximate surface area is 161 Å². The minimum atomic E-state index is -0.478. The van der Waals surface area contributed by atoms with Crippen molar-refractivity contribution in [1.82, 2.24) is 15.2 Å². The van der Waals surface area contributed by atoms with Gasteiger partial charge in [-0.3, -0.25) is 9.89 Å². The molecule has 0 saturated heterocycles. The summed E-state index contributed by atoms with van der Waals surface area (Å²) in [5, 5.41) is 10.8. The predicted octanol–water partition coefficient (Wildman–Crippen LogP) is 3.25. The van der Waals surface area contributed by atoms with E-state index in [2.05, 4.69) is 20.5 Å². The van der Waals surface area contributed by atoms with Crippen LogP contribution in [0.4, 0.5) is 5.69 Å². The van der Waals surface area contributed by atoms with Gasteiger partial charge in [-0.25, -0.2) is 0 Å². The highest BCUT2D eigenvalue weighted by molar-refractivity contribution is 6.07. The molecule has 2 aromatic carbocycles. The molecule has 0 saturated carbocycles. The van der Waals surface area contributed by atoms with Crippen molar-refractivity contribution in [3.05, 3.63) is 66.6 Å². The fourth-order valence-electron chi connectivity index (χ4n) is 3.37. The Kier molecular flexibility index (Phi) is 4.82. The molecule has 5 N–H and O–H groups in total. The number of anilines is 1. The zero-order valence-electron chi connectivity index (χ0n) is 15.4. The molecule has 4 rings (SSSR count). The lowest BCUT2D eigenvalue weighted by Crippen LogP contribution is -2.27. The molecule has 0 spiro atoms. The maximum absolute atomic E-state index is 13.0. The molecule has 28 heavy (non-hydrogen) atoms. The van der Waals surface area contributed by atoms with Crippen LogP contribution < -0.4 is 15.8 Å². The second-order valence-electron chi connectivity index (χ2n) is 6.47. The third kappa shape index (κ3) is 3.23. The second-order valence-corrected chi connectivity index (χ2v) is 6.47. The molecule has 1 amide bonds. The molecule has 4 aromatic rings. The van der Waals surface area contributed by atoms with E-state index >= 15 is 0 Å². The third-order valence-corrected chi connectivity index (χ3v) is 4.83. The number of hydrogen-bond donors (Lipinski definition) is 4. The Morgan fingerprint density at radius 1 is 1.25 bits per heavy atom. The van der Waals surface area contributed by atoms with Crippen molar-refractivity contribution >= 4 is 22.5 Å². The summed E-state index contributed by atoms with van der Waals surface area (Å²) in [5.74, 6) is 0.0522. The van der Waals surface area contributed by atoms with E-state index in [9.17, 15) is 4.79 Å². The molecule has 2 heterocycles. The Morgan fingerprint density at radius 2 is 2.11 bits per heavy atom. The first-order chi connectivity index (χ1) is 13.7. The van der Waals surface area contributed by atoms with E-state index in [1.54, 1.807) is 13.3 Å². The van der Waals surface area contributed by atoms with Gasteiger partial charge in [-0.15, -0.1) is 0 Å². The van der Waals surface area contributed by atoms with Gasteiger partial charge in [-0.05, 0) is 23.8 Å². The lowest BCUT2D eigenvalue weighted by Gasteiger charge is -2.16. The minimum Gasteiger partial charge on any atom is -0.497 e. The first-order valence-electron chi connectivity index (χ1n) is 8.95. The van der Waals surface area contributed by atoms with Crippen molar-refractivity contribution in [3.8, 4) is 16.9 Å². The summed E-state index contributed by atoms with van der Waals surface area (Å²) >= 11 is 0. The van der Waals surface area contributed by atoms with Gasteiger partial charge in [0.05, 0.1) is 30.4 Å². The number of rotatable bonds is 6. The maximum Gasteiger partial charge on any atom is 0.233 e. The summed E-state index contributed by atoms with van der Waals surface area (Å²) in [5.41, 5.74) is 10.3. The van der Waals surface area contributed by atoms with Gasteiger partial charge < -0.3 is 20.8 Å². The average Bonchev–Trinajstić information content (AvgIpc) is 3.38. The van der Waals surface area contributed by atoms with Crippen LogP contribution in [0.15, 0.2) is 61.1 Å². The molecule has 0 radical (unpaired) electrons. The number of H-pyrrole nitrogens is 2. The summed E-state index contributed by atoms with van der Waals surface area (Å²) in [6.45, 7) is 0.194. The van der Waals surface area contributed by atoms with Gasteiger partial charge in [-0.1, -0.05) is 24.3 Å². The fourth-order valence-corrected chi connectivity index (χ4v) is 3.37. The molecule has 7 heteroatoms. The van der Waals surface area contributed by atoms with Crippen LogP contribution >= 0.6 is 0 Å². The molecule has 0 fully saturated rings. The predicted molar refractivity (Wildman–Crippen MR) is 109 cm³/mol. The van der Waals surface area contributed by atoms with Crippen molar-refractivity contribution in [2.75, 3.05) is 19.0 Å². The fraction of sp³-hybridized carbons (Fsp3) is 0.143. The summed E-state index contributed by atoms with van der Waals surface area (Å²) < 4.78 is 5.26. The number of fused-ring (bicyclic) bond motifs is 1. The Hall–Kier alpha value is -3.58. The summed E-state index contributed by atoms with van der Waals surface area (Å²) in [6, 6.07) is 13.2. The Morgan fingerprint density at radius 3 is 2.86 bits per heavy atom. The molecule has 142 valence electrons. The number of hydrogen-bond acceptors (Lipinski definition) is 4. The number of nitrogens with two attached hydrogens (primary N) is 1. The topological polar surface area (TPSA) is 109 Å². The average molecular weight is 375 g/mol.